The molecule has 1 aromatic rings. The summed E-state index contributed by atoms with van der Waals surface area (Å²) in [6, 6.07) is 6.04. The Hall–Kier alpha value is -1.71. The van der Waals surface area contributed by atoms with Crippen LogP contribution in [0.3, 0.4) is 0 Å². The molecule has 1 heterocycles. The third kappa shape index (κ3) is 2.47. The van der Waals surface area contributed by atoms with Gasteiger partial charge in [-0.15, -0.1) is 0 Å². The third-order valence-corrected chi connectivity index (χ3v) is 4.17. The van der Waals surface area contributed by atoms with Gasteiger partial charge in [-0.2, -0.15) is 0 Å². The minimum absolute atomic E-state index is 0.201. The fourth-order valence-corrected chi connectivity index (χ4v) is 3.02. The van der Waals surface area contributed by atoms with Gasteiger partial charge in [-0.25, -0.2) is 0 Å². The zero-order chi connectivity index (χ0) is 14.9. The number of aliphatic carboxylic acids is 1. The van der Waals surface area contributed by atoms with Gasteiger partial charge in [-0.05, 0) is 39.3 Å². The van der Waals surface area contributed by atoms with Gasteiger partial charge in [0.15, 0.2) is 0 Å². The summed E-state index contributed by atoms with van der Waals surface area (Å²) in [5.74, 6) is 0.320. The van der Waals surface area contributed by atoms with Crippen LogP contribution in [-0.2, 0) is 4.79 Å². The number of hydrogen-bond donors (Lipinski definition) is 1. The lowest BCUT2D eigenvalue weighted by Crippen LogP contribution is -2.28. The van der Waals surface area contributed by atoms with E-state index in [0.29, 0.717) is 6.42 Å². The summed E-state index contributed by atoms with van der Waals surface area (Å²) in [6.07, 6.45) is 0.617. The monoisotopic (exact) mass is 277 g/mol. The number of benzene rings is 1. The molecule has 1 aliphatic rings. The van der Waals surface area contributed by atoms with E-state index in [-0.39, 0.29) is 5.92 Å². The van der Waals surface area contributed by atoms with Crippen LogP contribution in [0.2, 0.25) is 0 Å². The quantitative estimate of drug-likeness (QED) is 0.898. The molecule has 0 fully saturated rings. The molecule has 0 aliphatic carbocycles. The number of ether oxygens (including phenoxy) is 1. The van der Waals surface area contributed by atoms with Crippen molar-refractivity contribution >= 4 is 11.7 Å². The van der Waals surface area contributed by atoms with Crippen LogP contribution in [0.15, 0.2) is 18.2 Å². The van der Waals surface area contributed by atoms with Gasteiger partial charge in [0.1, 0.15) is 5.75 Å². The van der Waals surface area contributed by atoms with Crippen LogP contribution < -0.4 is 9.64 Å². The van der Waals surface area contributed by atoms with Gasteiger partial charge in [0, 0.05) is 30.3 Å². The normalized spacial score (nSPS) is 18.0. The Balaban J connectivity index is 2.38. The number of carboxylic acids is 1. The minimum atomic E-state index is -0.746. The lowest BCUT2D eigenvalue weighted by Gasteiger charge is -2.24. The Morgan fingerprint density at radius 1 is 1.50 bits per heavy atom. The van der Waals surface area contributed by atoms with Crippen LogP contribution in [-0.4, -0.2) is 31.3 Å². The molecular weight excluding hydrogens is 254 g/mol. The Labute approximate surface area is 120 Å². The van der Waals surface area contributed by atoms with Crippen molar-refractivity contribution in [2.24, 2.45) is 5.41 Å². The fourth-order valence-electron chi connectivity index (χ4n) is 3.02. The minimum Gasteiger partial charge on any atom is -0.496 e. The average molecular weight is 277 g/mol. The predicted octanol–water partition coefficient (Wildman–Crippen LogP) is 3.12. The van der Waals surface area contributed by atoms with E-state index < -0.39 is 11.4 Å². The van der Waals surface area contributed by atoms with Crippen molar-refractivity contribution in [3.8, 4) is 5.75 Å². The molecule has 0 aromatic heterocycles. The van der Waals surface area contributed by atoms with Crippen molar-refractivity contribution < 1.29 is 14.6 Å². The summed E-state index contributed by atoms with van der Waals surface area (Å²) in [4.78, 5) is 13.7. The first-order valence-corrected chi connectivity index (χ1v) is 7.06. The number of nitrogens with zero attached hydrogens (tertiary/aromatic N) is 1. The number of likely N-dealkylation sites (N-methyl/N-ethyl adjacent to an activating group) is 1. The molecule has 110 valence electrons. The number of rotatable bonds is 5. The predicted molar refractivity (Wildman–Crippen MR) is 79.7 cm³/mol. The molecule has 1 unspecified atom stereocenters. The molecule has 1 aliphatic heterocycles. The molecule has 0 radical (unpaired) electrons. The summed E-state index contributed by atoms with van der Waals surface area (Å²) < 4.78 is 5.48. The highest BCUT2D eigenvalue weighted by molar-refractivity contribution is 5.74. The molecule has 0 saturated heterocycles. The molecule has 20 heavy (non-hydrogen) atoms. The zero-order valence-corrected chi connectivity index (χ0v) is 12.6. The van der Waals surface area contributed by atoms with E-state index in [4.69, 9.17) is 4.74 Å². The third-order valence-electron chi connectivity index (χ3n) is 4.17. The SMILES string of the molecule is CCN1CC(CC(C)(C)C(=O)O)c2c(OC)cccc21. The Kier molecular flexibility index (Phi) is 3.93. The molecule has 1 N–H and O–H groups in total. The first-order chi connectivity index (χ1) is 9.40. The molecule has 0 bridgehead atoms. The van der Waals surface area contributed by atoms with Crippen molar-refractivity contribution in [2.75, 3.05) is 25.1 Å². The van der Waals surface area contributed by atoms with Crippen molar-refractivity contribution in [1.82, 2.24) is 0 Å². The Morgan fingerprint density at radius 2 is 2.20 bits per heavy atom. The standard InChI is InChI=1S/C16H23NO3/c1-5-17-10-11(9-16(2,3)15(18)19)14-12(17)7-6-8-13(14)20-4/h6-8,11H,5,9-10H2,1-4H3,(H,18,19). The van der Waals surface area contributed by atoms with Gasteiger partial charge in [-0.3, -0.25) is 4.79 Å². The highest BCUT2D eigenvalue weighted by atomic mass is 16.5. The van der Waals surface area contributed by atoms with Crippen LogP contribution >= 0.6 is 0 Å². The second-order valence-electron chi connectivity index (χ2n) is 6.02. The summed E-state index contributed by atoms with van der Waals surface area (Å²) in [7, 11) is 1.67. The second-order valence-corrected chi connectivity index (χ2v) is 6.02. The maximum absolute atomic E-state index is 11.4. The largest absolute Gasteiger partial charge is 0.496 e. The number of hydrogen-bond acceptors (Lipinski definition) is 3. The molecule has 2 rings (SSSR count). The van der Waals surface area contributed by atoms with E-state index >= 15 is 0 Å². The Bertz CT molecular complexity index is 510. The summed E-state index contributed by atoms with van der Waals surface area (Å²) >= 11 is 0. The number of methoxy groups -OCH3 is 1. The molecule has 0 spiro atoms. The van der Waals surface area contributed by atoms with Gasteiger partial charge < -0.3 is 14.7 Å². The average Bonchev–Trinajstić information content (AvgIpc) is 2.76. The number of carbonyl (C=O) groups is 1. The van der Waals surface area contributed by atoms with Crippen molar-refractivity contribution in [3.63, 3.8) is 0 Å². The summed E-state index contributed by atoms with van der Waals surface area (Å²) in [5, 5.41) is 9.35. The molecule has 0 saturated carbocycles. The van der Waals surface area contributed by atoms with E-state index in [0.717, 1.165) is 24.4 Å². The van der Waals surface area contributed by atoms with Crippen LogP contribution in [0.1, 0.15) is 38.7 Å². The van der Waals surface area contributed by atoms with Gasteiger partial charge in [-0.1, -0.05) is 6.07 Å². The lowest BCUT2D eigenvalue weighted by molar-refractivity contribution is -0.147. The Morgan fingerprint density at radius 3 is 2.75 bits per heavy atom. The molecule has 1 aromatic carbocycles. The van der Waals surface area contributed by atoms with Gasteiger partial charge in [0.05, 0.1) is 12.5 Å². The number of fused-ring (bicyclic) bond motifs is 1. The fraction of sp³-hybridized carbons (Fsp3) is 0.562. The molecule has 1 atom stereocenters. The maximum Gasteiger partial charge on any atom is 0.309 e. The van der Waals surface area contributed by atoms with Crippen LogP contribution in [0.4, 0.5) is 5.69 Å². The first-order valence-electron chi connectivity index (χ1n) is 7.06. The molecule has 0 amide bonds. The smallest absolute Gasteiger partial charge is 0.309 e. The number of anilines is 1. The van der Waals surface area contributed by atoms with Gasteiger partial charge in [0.2, 0.25) is 0 Å². The van der Waals surface area contributed by atoms with Crippen molar-refractivity contribution in [2.45, 2.75) is 33.1 Å². The summed E-state index contributed by atoms with van der Waals surface area (Å²) in [6.45, 7) is 7.49. The van der Waals surface area contributed by atoms with Crippen LogP contribution in [0.5, 0.6) is 5.75 Å². The van der Waals surface area contributed by atoms with Gasteiger partial charge >= 0.3 is 5.97 Å². The highest BCUT2D eigenvalue weighted by Gasteiger charge is 2.37. The van der Waals surface area contributed by atoms with E-state index in [1.807, 2.05) is 12.1 Å². The number of carboxylic acid groups (broad SMARTS) is 1. The van der Waals surface area contributed by atoms with Crippen LogP contribution in [0.25, 0.3) is 0 Å². The second kappa shape index (κ2) is 5.35. The lowest BCUT2D eigenvalue weighted by atomic mass is 9.80. The van der Waals surface area contributed by atoms with Crippen molar-refractivity contribution in [3.05, 3.63) is 23.8 Å². The summed E-state index contributed by atoms with van der Waals surface area (Å²) in [5.41, 5.74) is 1.61. The molecular formula is C16H23NO3. The van der Waals surface area contributed by atoms with Crippen molar-refractivity contribution in [1.29, 1.82) is 0 Å². The van der Waals surface area contributed by atoms with E-state index in [9.17, 15) is 9.90 Å². The maximum atomic E-state index is 11.4. The highest BCUT2D eigenvalue weighted by Crippen LogP contribution is 2.46. The van der Waals surface area contributed by atoms with Gasteiger partial charge in [0.25, 0.3) is 0 Å². The zero-order valence-electron chi connectivity index (χ0n) is 12.6. The van der Waals surface area contributed by atoms with Crippen LogP contribution in [0, 0.1) is 5.41 Å². The molecule has 4 nitrogen and oxygen atoms in total. The topological polar surface area (TPSA) is 49.8 Å². The van der Waals surface area contributed by atoms with E-state index in [1.54, 1.807) is 21.0 Å². The molecule has 4 heteroatoms. The first kappa shape index (κ1) is 14.7. The van der Waals surface area contributed by atoms with E-state index in [2.05, 4.69) is 17.9 Å². The van der Waals surface area contributed by atoms with E-state index in [1.165, 1.54) is 5.69 Å².